The Hall–Kier alpha value is -4.19. The van der Waals surface area contributed by atoms with E-state index in [4.69, 9.17) is 0 Å². The lowest BCUT2D eigenvalue weighted by Gasteiger charge is -2.42. The number of rotatable bonds is 5. The van der Waals surface area contributed by atoms with Crippen LogP contribution >= 0.6 is 0 Å². The Labute approximate surface area is 210 Å². The largest absolute Gasteiger partial charge is 0.336 e. The molecule has 1 N–H and O–H groups in total. The molecule has 2 aliphatic rings. The molecule has 6 nitrogen and oxygen atoms in total. The summed E-state index contributed by atoms with van der Waals surface area (Å²) in [6, 6.07) is 22.4. The van der Waals surface area contributed by atoms with Crippen molar-refractivity contribution < 1.29 is 9.59 Å². The van der Waals surface area contributed by atoms with Crippen molar-refractivity contribution in [2.24, 2.45) is 5.92 Å². The minimum Gasteiger partial charge on any atom is -0.336 e. The number of hydrogen-bond donors (Lipinski definition) is 1. The van der Waals surface area contributed by atoms with Gasteiger partial charge < -0.3 is 14.8 Å². The molecule has 2 amide bonds. The second-order valence-corrected chi connectivity index (χ2v) is 9.58. The molecule has 5 rings (SSSR count). The third kappa shape index (κ3) is 5.08. The highest BCUT2D eigenvalue weighted by atomic mass is 16.2. The Morgan fingerprint density at radius 1 is 0.917 bits per heavy atom. The van der Waals surface area contributed by atoms with Gasteiger partial charge in [0.15, 0.2) is 0 Å². The maximum atomic E-state index is 13.7. The molecule has 0 spiro atoms. The van der Waals surface area contributed by atoms with Crippen LogP contribution in [0.4, 0.5) is 0 Å². The number of aryl methyl sites for hydroxylation is 1. The van der Waals surface area contributed by atoms with Crippen molar-refractivity contribution in [2.45, 2.75) is 25.8 Å². The highest BCUT2D eigenvalue weighted by Crippen LogP contribution is 2.35. The zero-order valence-electron chi connectivity index (χ0n) is 20.3. The van der Waals surface area contributed by atoms with Crippen LogP contribution in [0.3, 0.4) is 0 Å². The molecule has 2 aromatic carbocycles. The molecule has 2 bridgehead atoms. The van der Waals surface area contributed by atoms with E-state index in [2.05, 4.69) is 5.32 Å². The maximum absolute atomic E-state index is 13.7. The second-order valence-electron chi connectivity index (χ2n) is 9.58. The number of nitrogens with one attached hydrogen (secondary N) is 1. The number of carbonyl (C=O) groups excluding carboxylic acids is 2. The molecule has 0 saturated carbocycles. The first-order valence-corrected chi connectivity index (χ1v) is 12.3. The molecule has 3 heterocycles. The predicted octanol–water partition coefficient (Wildman–Crippen LogP) is 4.13. The fourth-order valence-corrected chi connectivity index (χ4v) is 5.12. The maximum Gasteiger partial charge on any atom is 0.270 e. The molecule has 0 radical (unpaired) electrons. The Morgan fingerprint density at radius 3 is 2.47 bits per heavy atom. The summed E-state index contributed by atoms with van der Waals surface area (Å²) >= 11 is 0. The van der Waals surface area contributed by atoms with Gasteiger partial charge in [0.05, 0.1) is 0 Å². The van der Waals surface area contributed by atoms with E-state index in [1.807, 2.05) is 71.0 Å². The average Bonchev–Trinajstić information content (AvgIpc) is 2.89. The van der Waals surface area contributed by atoms with Crippen molar-refractivity contribution >= 4 is 17.9 Å². The first-order valence-electron chi connectivity index (χ1n) is 12.3. The number of carbonyl (C=O) groups is 2. The van der Waals surface area contributed by atoms with E-state index < -0.39 is 0 Å². The highest BCUT2D eigenvalue weighted by Gasteiger charge is 2.37. The molecule has 1 aromatic heterocycles. The van der Waals surface area contributed by atoms with E-state index in [0.717, 1.165) is 23.2 Å². The summed E-state index contributed by atoms with van der Waals surface area (Å²) in [5.41, 5.74) is 3.78. The van der Waals surface area contributed by atoms with Crippen LogP contribution in [0.1, 0.15) is 39.5 Å². The van der Waals surface area contributed by atoms with Crippen molar-refractivity contribution in [2.75, 3.05) is 13.1 Å². The Balaban J connectivity index is 1.40. The van der Waals surface area contributed by atoms with Gasteiger partial charge >= 0.3 is 0 Å². The molecule has 0 aliphatic carbocycles. The van der Waals surface area contributed by atoms with Gasteiger partial charge in [0.2, 0.25) is 0 Å². The summed E-state index contributed by atoms with van der Waals surface area (Å²) in [4.78, 5) is 40.9. The molecule has 2 unspecified atom stereocenters. The highest BCUT2D eigenvalue weighted by molar-refractivity contribution is 6.03. The molecule has 182 valence electrons. The first-order chi connectivity index (χ1) is 17.5. The zero-order chi connectivity index (χ0) is 25.1. The number of amides is 2. The summed E-state index contributed by atoms with van der Waals surface area (Å²) in [7, 11) is 0. The standard InChI is InChI=1S/C30H29N3O3/c1-21-13-15-24(16-14-21)29(35)31-26(10-5-9-22-7-3-2-4-8-22)30(36)32-18-23-17-25(20-32)27-11-6-12-28(34)33(27)19-23/h2-16,23,25H,17-20H2,1H3,(H,31,35). The van der Waals surface area contributed by atoms with E-state index in [9.17, 15) is 14.4 Å². The van der Waals surface area contributed by atoms with Crippen molar-refractivity contribution in [1.29, 1.82) is 0 Å². The minimum absolute atomic E-state index is 0.0129. The number of allylic oxidation sites excluding steroid dienone is 2. The molecular formula is C30H29N3O3. The predicted molar refractivity (Wildman–Crippen MR) is 140 cm³/mol. The number of piperidine rings is 1. The molecule has 36 heavy (non-hydrogen) atoms. The topological polar surface area (TPSA) is 71.4 Å². The lowest BCUT2D eigenvalue weighted by molar-refractivity contribution is -0.130. The van der Waals surface area contributed by atoms with Crippen LogP contribution in [0.25, 0.3) is 6.08 Å². The number of pyridine rings is 1. The Kier molecular flexibility index (Phi) is 6.67. The fraction of sp³-hybridized carbons (Fsp3) is 0.233. The first kappa shape index (κ1) is 23.5. The molecule has 2 aliphatic heterocycles. The van der Waals surface area contributed by atoms with Crippen LogP contribution in [0.5, 0.6) is 0 Å². The van der Waals surface area contributed by atoms with Crippen LogP contribution in [-0.4, -0.2) is 34.4 Å². The van der Waals surface area contributed by atoms with Crippen LogP contribution < -0.4 is 10.9 Å². The number of likely N-dealkylation sites (tertiary alicyclic amines) is 1. The van der Waals surface area contributed by atoms with Crippen LogP contribution in [-0.2, 0) is 11.3 Å². The third-order valence-corrected chi connectivity index (χ3v) is 6.91. The van der Waals surface area contributed by atoms with Crippen molar-refractivity contribution in [3.63, 3.8) is 0 Å². The van der Waals surface area contributed by atoms with Crippen LogP contribution in [0.15, 0.2) is 95.4 Å². The number of benzene rings is 2. The molecule has 1 saturated heterocycles. The molecule has 1 fully saturated rings. The summed E-state index contributed by atoms with van der Waals surface area (Å²) in [5, 5.41) is 2.85. The van der Waals surface area contributed by atoms with Gasteiger partial charge in [0.25, 0.3) is 17.4 Å². The number of aromatic nitrogens is 1. The van der Waals surface area contributed by atoms with E-state index >= 15 is 0 Å². The Bertz CT molecular complexity index is 1390. The molecule has 3 aromatic rings. The lowest BCUT2D eigenvalue weighted by atomic mass is 9.83. The molecular weight excluding hydrogens is 450 g/mol. The van der Waals surface area contributed by atoms with Gasteiger partial charge in [-0.05, 0) is 49.1 Å². The number of nitrogens with zero attached hydrogens (tertiary/aromatic N) is 2. The van der Waals surface area contributed by atoms with Gasteiger partial charge in [-0.15, -0.1) is 0 Å². The minimum atomic E-state index is -0.322. The van der Waals surface area contributed by atoms with Gasteiger partial charge in [0, 0.05) is 42.9 Å². The van der Waals surface area contributed by atoms with Crippen molar-refractivity contribution in [1.82, 2.24) is 14.8 Å². The summed E-state index contributed by atoms with van der Waals surface area (Å²) in [5.74, 6) is -0.232. The van der Waals surface area contributed by atoms with Gasteiger partial charge in [-0.25, -0.2) is 0 Å². The Morgan fingerprint density at radius 2 is 1.69 bits per heavy atom. The van der Waals surface area contributed by atoms with Crippen molar-refractivity contribution in [3.05, 3.63) is 123 Å². The van der Waals surface area contributed by atoms with Gasteiger partial charge in [-0.2, -0.15) is 0 Å². The van der Waals surface area contributed by atoms with Gasteiger partial charge in [-0.3, -0.25) is 14.4 Å². The molecule has 6 heteroatoms. The van der Waals surface area contributed by atoms with Crippen molar-refractivity contribution in [3.8, 4) is 0 Å². The van der Waals surface area contributed by atoms with Gasteiger partial charge in [-0.1, -0.05) is 66.2 Å². The van der Waals surface area contributed by atoms with Crippen LogP contribution in [0.2, 0.25) is 0 Å². The van der Waals surface area contributed by atoms with E-state index in [-0.39, 0.29) is 34.9 Å². The number of hydrogen-bond acceptors (Lipinski definition) is 3. The quantitative estimate of drug-likeness (QED) is 0.442. The van der Waals surface area contributed by atoms with E-state index in [1.54, 1.807) is 36.4 Å². The molecule has 2 atom stereocenters. The normalized spacial score (nSPS) is 19.1. The smallest absolute Gasteiger partial charge is 0.270 e. The monoisotopic (exact) mass is 479 g/mol. The second kappa shape index (κ2) is 10.2. The van der Waals surface area contributed by atoms with E-state index in [0.29, 0.717) is 25.2 Å². The lowest BCUT2D eigenvalue weighted by Crippen LogP contribution is -2.50. The summed E-state index contributed by atoms with van der Waals surface area (Å²) in [6.07, 6.45) is 6.32. The zero-order valence-corrected chi connectivity index (χ0v) is 20.3. The summed E-state index contributed by atoms with van der Waals surface area (Å²) in [6.45, 7) is 3.64. The fourth-order valence-electron chi connectivity index (χ4n) is 5.12. The average molecular weight is 480 g/mol. The summed E-state index contributed by atoms with van der Waals surface area (Å²) < 4.78 is 1.85. The third-order valence-electron chi connectivity index (χ3n) is 6.91. The number of fused-ring (bicyclic) bond motifs is 4. The SMILES string of the molecule is Cc1ccc(C(=O)NC(=CC=Cc2ccccc2)C(=O)N2CC3CC(C2)c2cccc(=O)n2C3)cc1. The van der Waals surface area contributed by atoms with E-state index in [1.165, 1.54) is 0 Å². The van der Waals surface area contributed by atoms with Gasteiger partial charge in [0.1, 0.15) is 5.70 Å². The van der Waals surface area contributed by atoms with Crippen LogP contribution in [0, 0.1) is 12.8 Å².